The van der Waals surface area contributed by atoms with Crippen molar-refractivity contribution in [3.8, 4) is 23.1 Å². The third kappa shape index (κ3) is 4.41. The molecular formula is C22H18BrN3O3. The second kappa shape index (κ2) is 8.36. The molecule has 7 heteroatoms. The molecule has 0 aliphatic carbocycles. The van der Waals surface area contributed by atoms with Gasteiger partial charge in [-0.2, -0.15) is 0 Å². The topological polar surface area (TPSA) is 69.1 Å². The van der Waals surface area contributed by atoms with Crippen molar-refractivity contribution >= 4 is 15.9 Å². The van der Waals surface area contributed by atoms with Gasteiger partial charge in [0, 0.05) is 30.4 Å². The molecule has 0 spiro atoms. The van der Waals surface area contributed by atoms with Crippen molar-refractivity contribution in [1.29, 1.82) is 0 Å². The van der Waals surface area contributed by atoms with E-state index in [9.17, 15) is 4.79 Å². The van der Waals surface area contributed by atoms with Crippen LogP contribution in [0.1, 0.15) is 11.4 Å². The van der Waals surface area contributed by atoms with Crippen LogP contribution in [0.4, 0.5) is 0 Å². The second-order valence-corrected chi connectivity index (χ2v) is 7.20. The van der Waals surface area contributed by atoms with E-state index >= 15 is 0 Å². The van der Waals surface area contributed by atoms with Crippen LogP contribution >= 0.6 is 15.9 Å². The number of methoxy groups -OCH3 is 1. The molecule has 0 atom stereocenters. The lowest BCUT2D eigenvalue weighted by Crippen LogP contribution is -2.15. The van der Waals surface area contributed by atoms with Crippen LogP contribution in [0.3, 0.4) is 0 Å². The van der Waals surface area contributed by atoms with Crippen molar-refractivity contribution in [3.05, 3.63) is 99.3 Å². The summed E-state index contributed by atoms with van der Waals surface area (Å²) in [5, 5.41) is 0. The number of aromatic nitrogens is 3. The van der Waals surface area contributed by atoms with Crippen LogP contribution < -0.4 is 15.0 Å². The maximum absolute atomic E-state index is 11.9. The van der Waals surface area contributed by atoms with Crippen LogP contribution in [0.2, 0.25) is 0 Å². The molecule has 0 radical (unpaired) electrons. The number of H-pyrrole nitrogens is 1. The van der Waals surface area contributed by atoms with E-state index in [1.165, 1.54) is 0 Å². The first kappa shape index (κ1) is 19.0. The molecule has 2 heterocycles. The van der Waals surface area contributed by atoms with Crippen LogP contribution in [-0.4, -0.2) is 21.6 Å². The average molecular weight is 452 g/mol. The van der Waals surface area contributed by atoms with Gasteiger partial charge in [-0.1, -0.05) is 18.2 Å². The molecule has 1 N–H and O–H groups in total. The summed E-state index contributed by atoms with van der Waals surface area (Å²) in [5.41, 5.74) is 1.84. The van der Waals surface area contributed by atoms with Crippen LogP contribution in [0, 0.1) is 0 Å². The fourth-order valence-electron chi connectivity index (χ4n) is 2.92. The third-order valence-electron chi connectivity index (χ3n) is 4.36. The van der Waals surface area contributed by atoms with Crippen LogP contribution in [0.25, 0.3) is 5.69 Å². The minimum absolute atomic E-state index is 0.0577. The molecule has 0 aliphatic heterocycles. The monoisotopic (exact) mass is 451 g/mol. The molecule has 0 saturated carbocycles. The van der Waals surface area contributed by atoms with Crippen molar-refractivity contribution in [3.63, 3.8) is 0 Å². The van der Waals surface area contributed by atoms with Crippen LogP contribution in [0.5, 0.6) is 17.4 Å². The number of nitrogens with one attached hydrogen (secondary N) is 1. The maximum atomic E-state index is 11.9. The summed E-state index contributed by atoms with van der Waals surface area (Å²) >= 11 is 3.42. The van der Waals surface area contributed by atoms with E-state index in [1.54, 1.807) is 42.3 Å². The number of rotatable bonds is 6. The number of aromatic amines is 1. The molecule has 29 heavy (non-hydrogen) atoms. The zero-order chi connectivity index (χ0) is 20.2. The predicted octanol–water partition coefficient (Wildman–Crippen LogP) is 4.71. The van der Waals surface area contributed by atoms with Gasteiger partial charge >= 0.3 is 0 Å². The number of nitrogens with zero attached hydrogens (tertiary/aromatic N) is 2. The Bertz CT molecular complexity index is 1180. The van der Waals surface area contributed by atoms with E-state index in [-0.39, 0.29) is 5.56 Å². The van der Waals surface area contributed by atoms with E-state index in [0.717, 1.165) is 21.5 Å². The number of hydrogen-bond donors (Lipinski definition) is 1. The quantitative estimate of drug-likeness (QED) is 0.460. The molecule has 146 valence electrons. The third-order valence-corrected chi connectivity index (χ3v) is 5.02. The van der Waals surface area contributed by atoms with E-state index < -0.39 is 0 Å². The van der Waals surface area contributed by atoms with Crippen LogP contribution in [0.15, 0.2) is 82.3 Å². The van der Waals surface area contributed by atoms with Gasteiger partial charge in [0.05, 0.1) is 17.8 Å². The molecule has 0 amide bonds. The van der Waals surface area contributed by atoms with Gasteiger partial charge in [0.1, 0.15) is 17.3 Å². The summed E-state index contributed by atoms with van der Waals surface area (Å²) in [6, 6.07) is 18.4. The fourth-order valence-corrected chi connectivity index (χ4v) is 3.33. The molecule has 2 aromatic heterocycles. The Labute approximate surface area is 175 Å². The average Bonchev–Trinajstić information content (AvgIpc) is 3.17. The van der Waals surface area contributed by atoms with Crippen molar-refractivity contribution in [2.24, 2.45) is 0 Å². The van der Waals surface area contributed by atoms with Crippen molar-refractivity contribution < 1.29 is 9.47 Å². The highest BCUT2D eigenvalue weighted by Crippen LogP contribution is 2.31. The number of halogens is 1. The molecule has 6 nitrogen and oxygen atoms in total. The number of pyridine rings is 1. The Hall–Kier alpha value is -3.32. The summed E-state index contributed by atoms with van der Waals surface area (Å²) in [6.07, 6.45) is 4.03. The SMILES string of the molecule is COc1cc(Oc2cnc(Cc3ccc(-n4ccccc4=O)cc3)[nH]2)ccc1Br. The van der Waals surface area contributed by atoms with Gasteiger partial charge < -0.3 is 14.5 Å². The summed E-state index contributed by atoms with van der Waals surface area (Å²) in [7, 11) is 1.61. The second-order valence-electron chi connectivity index (χ2n) is 6.34. The molecule has 0 bridgehead atoms. The van der Waals surface area contributed by atoms with E-state index in [0.29, 0.717) is 23.8 Å². The normalized spacial score (nSPS) is 10.7. The Morgan fingerprint density at radius 1 is 1.10 bits per heavy atom. The van der Waals surface area contributed by atoms with E-state index in [4.69, 9.17) is 9.47 Å². The molecule has 2 aromatic carbocycles. The molecular weight excluding hydrogens is 434 g/mol. The molecule has 0 unspecified atom stereocenters. The predicted molar refractivity (Wildman–Crippen MR) is 114 cm³/mol. The summed E-state index contributed by atoms with van der Waals surface area (Å²) in [4.78, 5) is 19.5. The summed E-state index contributed by atoms with van der Waals surface area (Å²) < 4.78 is 13.6. The molecule has 4 aromatic rings. The number of ether oxygens (including phenoxy) is 2. The van der Waals surface area contributed by atoms with Gasteiger partial charge in [0.15, 0.2) is 0 Å². The lowest BCUT2D eigenvalue weighted by molar-refractivity contribution is 0.405. The molecule has 4 rings (SSSR count). The fraction of sp³-hybridized carbons (Fsp3) is 0.0909. The Balaban J connectivity index is 1.45. The number of benzene rings is 2. The first-order valence-corrected chi connectivity index (χ1v) is 9.74. The zero-order valence-electron chi connectivity index (χ0n) is 15.6. The summed E-state index contributed by atoms with van der Waals surface area (Å²) in [6.45, 7) is 0. The molecule has 0 fully saturated rings. The van der Waals surface area contributed by atoms with Crippen molar-refractivity contribution in [2.45, 2.75) is 6.42 Å². The van der Waals surface area contributed by atoms with Crippen LogP contribution in [-0.2, 0) is 6.42 Å². The highest BCUT2D eigenvalue weighted by molar-refractivity contribution is 9.10. The maximum Gasteiger partial charge on any atom is 0.255 e. The van der Waals surface area contributed by atoms with Crippen molar-refractivity contribution in [2.75, 3.05) is 7.11 Å². The lowest BCUT2D eigenvalue weighted by atomic mass is 10.1. The first-order chi connectivity index (χ1) is 14.1. The standard InChI is InChI=1S/C22H18BrN3O3/c1-28-19-13-17(9-10-18(19)23)29-21-14-24-20(25-21)12-15-5-7-16(8-6-15)26-11-3-2-4-22(26)27/h2-11,13-14H,12H2,1H3,(H,24,25). The van der Waals surface area contributed by atoms with E-state index in [2.05, 4.69) is 25.9 Å². The van der Waals surface area contributed by atoms with Gasteiger partial charge in [-0.3, -0.25) is 9.36 Å². The largest absolute Gasteiger partial charge is 0.495 e. The minimum atomic E-state index is -0.0577. The highest BCUT2D eigenvalue weighted by atomic mass is 79.9. The summed E-state index contributed by atoms with van der Waals surface area (Å²) in [5.74, 6) is 2.68. The number of imidazole rings is 1. The zero-order valence-corrected chi connectivity index (χ0v) is 17.2. The van der Waals surface area contributed by atoms with Gasteiger partial charge in [-0.05, 0) is 51.8 Å². The van der Waals surface area contributed by atoms with Gasteiger partial charge in [0.25, 0.3) is 5.56 Å². The smallest absolute Gasteiger partial charge is 0.255 e. The molecule has 0 aliphatic rings. The Morgan fingerprint density at radius 3 is 2.69 bits per heavy atom. The minimum Gasteiger partial charge on any atom is -0.495 e. The van der Waals surface area contributed by atoms with Gasteiger partial charge in [-0.15, -0.1) is 0 Å². The van der Waals surface area contributed by atoms with Gasteiger partial charge in [-0.25, -0.2) is 4.98 Å². The Kier molecular flexibility index (Phi) is 5.48. The molecule has 0 saturated heterocycles. The lowest BCUT2D eigenvalue weighted by Gasteiger charge is -2.07. The van der Waals surface area contributed by atoms with Gasteiger partial charge in [0.2, 0.25) is 5.88 Å². The highest BCUT2D eigenvalue weighted by Gasteiger charge is 2.07. The number of hydrogen-bond acceptors (Lipinski definition) is 4. The van der Waals surface area contributed by atoms with Crippen molar-refractivity contribution in [1.82, 2.24) is 14.5 Å². The van der Waals surface area contributed by atoms with E-state index in [1.807, 2.05) is 42.5 Å². The first-order valence-electron chi connectivity index (χ1n) is 8.94. The Morgan fingerprint density at radius 2 is 1.93 bits per heavy atom.